The lowest BCUT2D eigenvalue weighted by Gasteiger charge is -2.18. The van der Waals surface area contributed by atoms with E-state index in [-0.39, 0.29) is 5.91 Å². The van der Waals surface area contributed by atoms with Gasteiger partial charge in [0.25, 0.3) is 0 Å². The van der Waals surface area contributed by atoms with Gasteiger partial charge in [-0.3, -0.25) is 4.79 Å². The van der Waals surface area contributed by atoms with E-state index in [4.69, 9.17) is 0 Å². The molecule has 0 radical (unpaired) electrons. The summed E-state index contributed by atoms with van der Waals surface area (Å²) in [4.78, 5) is 14.4. The first-order valence-corrected chi connectivity index (χ1v) is 7.92. The molecule has 0 aromatic heterocycles. The van der Waals surface area contributed by atoms with Gasteiger partial charge in [-0.2, -0.15) is 0 Å². The molecule has 1 N–H and O–H groups in total. The van der Waals surface area contributed by atoms with Crippen LogP contribution in [0.1, 0.15) is 12.0 Å². The van der Waals surface area contributed by atoms with Gasteiger partial charge in [0.15, 0.2) is 0 Å². The van der Waals surface area contributed by atoms with Gasteiger partial charge in [0, 0.05) is 25.3 Å². The third kappa shape index (κ3) is 3.88. The van der Waals surface area contributed by atoms with Crippen LogP contribution in [0.5, 0.6) is 0 Å². The fraction of sp³-hybridized carbons (Fsp3) is 0.316. The lowest BCUT2D eigenvalue weighted by Crippen LogP contribution is -2.32. The molecule has 1 amide bonds. The van der Waals surface area contributed by atoms with Crippen molar-refractivity contribution in [1.82, 2.24) is 5.32 Å². The minimum Gasteiger partial charge on any atom is -0.371 e. The summed E-state index contributed by atoms with van der Waals surface area (Å²) in [5.41, 5.74) is 2.35. The number of para-hydroxylation sites is 1. The third-order valence-electron chi connectivity index (χ3n) is 4.20. The van der Waals surface area contributed by atoms with Gasteiger partial charge in [-0.15, -0.1) is 0 Å². The maximum absolute atomic E-state index is 12.0. The van der Waals surface area contributed by atoms with Crippen molar-refractivity contribution in [3.63, 3.8) is 0 Å². The first-order valence-electron chi connectivity index (χ1n) is 7.92. The van der Waals surface area contributed by atoms with E-state index in [0.717, 1.165) is 31.6 Å². The maximum Gasteiger partial charge on any atom is 0.224 e. The highest BCUT2D eigenvalue weighted by atomic mass is 16.1. The molecule has 0 spiro atoms. The van der Waals surface area contributed by atoms with Crippen LogP contribution in [0.2, 0.25) is 0 Å². The van der Waals surface area contributed by atoms with Crippen LogP contribution in [0.4, 0.5) is 5.69 Å². The van der Waals surface area contributed by atoms with Gasteiger partial charge in [0.2, 0.25) is 5.91 Å². The quantitative estimate of drug-likeness (QED) is 0.919. The van der Waals surface area contributed by atoms with Crippen LogP contribution in [0.25, 0.3) is 0 Å². The van der Waals surface area contributed by atoms with E-state index in [2.05, 4.69) is 34.5 Å². The van der Waals surface area contributed by atoms with Crippen LogP contribution >= 0.6 is 0 Å². The summed E-state index contributed by atoms with van der Waals surface area (Å²) < 4.78 is 0. The monoisotopic (exact) mass is 294 g/mol. The first-order chi connectivity index (χ1) is 10.8. The number of carbonyl (C=O) groups is 1. The van der Waals surface area contributed by atoms with Crippen molar-refractivity contribution in [2.45, 2.75) is 12.8 Å². The van der Waals surface area contributed by atoms with E-state index in [1.807, 2.05) is 36.4 Å². The number of carbonyl (C=O) groups excluding carboxylic acids is 1. The molecule has 3 heteroatoms. The molecule has 2 aromatic carbocycles. The number of benzene rings is 2. The van der Waals surface area contributed by atoms with E-state index >= 15 is 0 Å². The van der Waals surface area contributed by atoms with Gasteiger partial charge in [0.1, 0.15) is 0 Å². The fourth-order valence-electron chi connectivity index (χ4n) is 2.97. The second kappa shape index (κ2) is 7.12. The number of rotatable bonds is 5. The minimum atomic E-state index is 0.115. The average Bonchev–Trinajstić information content (AvgIpc) is 3.04. The van der Waals surface area contributed by atoms with Crippen molar-refractivity contribution in [3.8, 4) is 0 Å². The zero-order valence-corrected chi connectivity index (χ0v) is 12.7. The van der Waals surface area contributed by atoms with E-state index in [0.29, 0.717) is 12.3 Å². The molecule has 1 heterocycles. The molecular formula is C19H22N2O. The molecule has 1 aliphatic rings. The smallest absolute Gasteiger partial charge is 0.224 e. The Hall–Kier alpha value is -2.29. The summed E-state index contributed by atoms with van der Waals surface area (Å²) in [6, 6.07) is 20.4. The number of anilines is 1. The number of hydrogen-bond acceptors (Lipinski definition) is 2. The molecule has 3 rings (SSSR count). The van der Waals surface area contributed by atoms with Gasteiger partial charge < -0.3 is 10.2 Å². The van der Waals surface area contributed by atoms with Crippen molar-refractivity contribution in [1.29, 1.82) is 0 Å². The summed E-state index contributed by atoms with van der Waals surface area (Å²) in [6.45, 7) is 2.87. The number of nitrogens with zero attached hydrogens (tertiary/aromatic N) is 1. The Kier molecular flexibility index (Phi) is 4.74. The largest absolute Gasteiger partial charge is 0.371 e. The fourth-order valence-corrected chi connectivity index (χ4v) is 2.97. The molecule has 0 saturated carbocycles. The number of hydrogen-bond donors (Lipinski definition) is 1. The number of nitrogens with one attached hydrogen (secondary N) is 1. The normalized spacial score (nSPS) is 17.5. The predicted octanol–water partition coefficient (Wildman–Crippen LogP) is 2.87. The summed E-state index contributed by atoms with van der Waals surface area (Å²) in [6.07, 6.45) is 1.61. The second-order valence-electron chi connectivity index (χ2n) is 5.90. The van der Waals surface area contributed by atoms with E-state index in [1.54, 1.807) is 0 Å². The summed E-state index contributed by atoms with van der Waals surface area (Å²) in [5, 5.41) is 3.08. The van der Waals surface area contributed by atoms with E-state index < -0.39 is 0 Å². The Morgan fingerprint density at radius 1 is 1.05 bits per heavy atom. The van der Waals surface area contributed by atoms with Crippen molar-refractivity contribution in [2.24, 2.45) is 5.92 Å². The molecule has 2 aromatic rings. The molecule has 1 aliphatic heterocycles. The Balaban J connectivity index is 1.44. The Morgan fingerprint density at radius 3 is 2.45 bits per heavy atom. The highest BCUT2D eigenvalue weighted by Gasteiger charge is 2.22. The van der Waals surface area contributed by atoms with Crippen LogP contribution in [0.15, 0.2) is 60.7 Å². The third-order valence-corrected chi connectivity index (χ3v) is 4.20. The van der Waals surface area contributed by atoms with Gasteiger partial charge >= 0.3 is 0 Å². The molecule has 114 valence electrons. The van der Waals surface area contributed by atoms with Crippen LogP contribution in [0.3, 0.4) is 0 Å². The Bertz CT molecular complexity index is 597. The second-order valence-corrected chi connectivity index (χ2v) is 5.90. The average molecular weight is 294 g/mol. The summed E-state index contributed by atoms with van der Waals surface area (Å²) in [5.74, 6) is 0.657. The van der Waals surface area contributed by atoms with Crippen LogP contribution in [-0.2, 0) is 11.2 Å². The van der Waals surface area contributed by atoms with Crippen LogP contribution < -0.4 is 10.2 Å². The highest BCUT2D eigenvalue weighted by molar-refractivity contribution is 5.78. The maximum atomic E-state index is 12.0. The molecule has 3 nitrogen and oxygen atoms in total. The van der Waals surface area contributed by atoms with Crippen molar-refractivity contribution < 1.29 is 4.79 Å². The molecule has 0 aliphatic carbocycles. The molecule has 1 saturated heterocycles. The molecule has 0 bridgehead atoms. The van der Waals surface area contributed by atoms with Gasteiger partial charge in [-0.05, 0) is 30.0 Å². The molecular weight excluding hydrogens is 272 g/mol. The zero-order chi connectivity index (χ0) is 15.2. The van der Waals surface area contributed by atoms with Crippen LogP contribution in [-0.4, -0.2) is 25.5 Å². The SMILES string of the molecule is O=C(Cc1ccccc1)NCC1CCN(c2ccccc2)C1. The molecule has 22 heavy (non-hydrogen) atoms. The van der Waals surface area contributed by atoms with Crippen molar-refractivity contribution in [2.75, 3.05) is 24.5 Å². The standard InChI is InChI=1S/C19H22N2O/c22-19(13-16-7-3-1-4-8-16)20-14-17-11-12-21(15-17)18-9-5-2-6-10-18/h1-10,17H,11-15H2,(H,20,22). The van der Waals surface area contributed by atoms with Crippen molar-refractivity contribution >= 4 is 11.6 Å². The van der Waals surface area contributed by atoms with E-state index in [1.165, 1.54) is 5.69 Å². The zero-order valence-electron chi connectivity index (χ0n) is 12.7. The molecule has 1 unspecified atom stereocenters. The van der Waals surface area contributed by atoms with E-state index in [9.17, 15) is 4.79 Å². The summed E-state index contributed by atoms with van der Waals surface area (Å²) >= 11 is 0. The Morgan fingerprint density at radius 2 is 1.73 bits per heavy atom. The van der Waals surface area contributed by atoms with Crippen molar-refractivity contribution in [3.05, 3.63) is 66.2 Å². The lowest BCUT2D eigenvalue weighted by atomic mass is 10.1. The van der Waals surface area contributed by atoms with Gasteiger partial charge in [-0.1, -0.05) is 48.5 Å². The van der Waals surface area contributed by atoms with Crippen LogP contribution in [0, 0.1) is 5.92 Å². The summed E-state index contributed by atoms with van der Waals surface area (Å²) in [7, 11) is 0. The lowest BCUT2D eigenvalue weighted by molar-refractivity contribution is -0.120. The van der Waals surface area contributed by atoms with Gasteiger partial charge in [-0.25, -0.2) is 0 Å². The molecule has 1 atom stereocenters. The predicted molar refractivity (Wildman–Crippen MR) is 89.9 cm³/mol. The Labute approximate surface area is 132 Å². The molecule has 1 fully saturated rings. The first kappa shape index (κ1) is 14.6. The minimum absolute atomic E-state index is 0.115. The van der Waals surface area contributed by atoms with Gasteiger partial charge in [0.05, 0.1) is 6.42 Å². The number of amides is 1. The highest BCUT2D eigenvalue weighted by Crippen LogP contribution is 2.22. The topological polar surface area (TPSA) is 32.3 Å².